The summed E-state index contributed by atoms with van der Waals surface area (Å²) in [5.41, 5.74) is 1.56. The number of piperazine rings is 1. The van der Waals surface area contributed by atoms with Crippen LogP contribution in [0.3, 0.4) is 0 Å². The van der Waals surface area contributed by atoms with Gasteiger partial charge in [-0.15, -0.1) is 0 Å². The average molecular weight is 347 g/mol. The van der Waals surface area contributed by atoms with Gasteiger partial charge in [0.2, 0.25) is 0 Å². The van der Waals surface area contributed by atoms with E-state index in [-0.39, 0.29) is 5.76 Å². The molecule has 1 atom stereocenters. The number of benzene rings is 1. The number of oxazole rings is 1. The Morgan fingerprint density at radius 1 is 1.20 bits per heavy atom. The second-order valence-corrected chi connectivity index (χ2v) is 6.73. The normalized spacial score (nSPS) is 19.7. The highest BCUT2D eigenvalue weighted by atomic mass is 16.5. The monoisotopic (exact) mass is 347 g/mol. The van der Waals surface area contributed by atoms with Crippen LogP contribution in [0.15, 0.2) is 33.5 Å². The Balaban J connectivity index is 1.52. The quantitative estimate of drug-likeness (QED) is 0.731. The minimum atomic E-state index is -0.253. The van der Waals surface area contributed by atoms with Gasteiger partial charge < -0.3 is 14.1 Å². The van der Waals surface area contributed by atoms with Crippen LogP contribution in [0.2, 0.25) is 0 Å². The van der Waals surface area contributed by atoms with Gasteiger partial charge in [0.05, 0.1) is 12.1 Å². The highest BCUT2D eigenvalue weighted by Crippen LogP contribution is 2.15. The molecular weight excluding hydrogens is 318 g/mol. The molecule has 0 amide bonds. The molecule has 1 aromatic heterocycles. The fourth-order valence-corrected chi connectivity index (χ4v) is 3.73. The summed E-state index contributed by atoms with van der Waals surface area (Å²) in [7, 11) is 1.76. The van der Waals surface area contributed by atoms with E-state index < -0.39 is 0 Å². The van der Waals surface area contributed by atoms with E-state index in [1.54, 1.807) is 11.7 Å². The topological polar surface area (TPSA) is 50.9 Å². The second kappa shape index (κ2) is 8.65. The molecule has 0 spiro atoms. The van der Waals surface area contributed by atoms with Gasteiger partial charge in [-0.05, 0) is 31.5 Å². The van der Waals surface area contributed by atoms with Crippen LogP contribution < -0.4 is 5.76 Å². The van der Waals surface area contributed by atoms with Crippen molar-refractivity contribution in [1.82, 2.24) is 14.4 Å². The Morgan fingerprint density at radius 3 is 2.84 bits per heavy atom. The van der Waals surface area contributed by atoms with Crippen molar-refractivity contribution in [3.63, 3.8) is 0 Å². The Labute approximate surface area is 149 Å². The molecule has 0 aliphatic carbocycles. The molecule has 1 aliphatic rings. The van der Waals surface area contributed by atoms with Crippen molar-refractivity contribution in [3.8, 4) is 0 Å². The van der Waals surface area contributed by atoms with E-state index >= 15 is 0 Å². The largest absolute Gasteiger partial charge is 0.419 e. The molecule has 1 unspecified atom stereocenters. The predicted molar refractivity (Wildman–Crippen MR) is 99.1 cm³/mol. The number of rotatable bonds is 8. The Morgan fingerprint density at radius 2 is 2.04 bits per heavy atom. The lowest BCUT2D eigenvalue weighted by Crippen LogP contribution is -2.53. The number of nitrogens with zero attached hydrogens (tertiary/aromatic N) is 3. The third-order valence-electron chi connectivity index (χ3n) is 5.17. The maximum Gasteiger partial charge on any atom is 0.419 e. The predicted octanol–water partition coefficient (Wildman–Crippen LogP) is 2.03. The van der Waals surface area contributed by atoms with Gasteiger partial charge in [0, 0.05) is 45.9 Å². The highest BCUT2D eigenvalue weighted by Gasteiger charge is 2.25. The lowest BCUT2D eigenvalue weighted by atomic mass is 10.1. The fourth-order valence-electron chi connectivity index (χ4n) is 3.73. The molecule has 1 fully saturated rings. The first-order valence-corrected chi connectivity index (χ1v) is 9.26. The van der Waals surface area contributed by atoms with E-state index in [1.807, 2.05) is 24.3 Å². The smallest absolute Gasteiger partial charge is 0.408 e. The van der Waals surface area contributed by atoms with Gasteiger partial charge in [-0.25, -0.2) is 4.79 Å². The zero-order valence-corrected chi connectivity index (χ0v) is 15.3. The van der Waals surface area contributed by atoms with Crippen LogP contribution in [0.1, 0.15) is 19.8 Å². The van der Waals surface area contributed by atoms with Crippen molar-refractivity contribution in [1.29, 1.82) is 0 Å². The highest BCUT2D eigenvalue weighted by molar-refractivity contribution is 5.72. The van der Waals surface area contributed by atoms with Crippen molar-refractivity contribution in [2.45, 2.75) is 32.4 Å². The zero-order chi connectivity index (χ0) is 17.6. The number of methoxy groups -OCH3 is 1. The van der Waals surface area contributed by atoms with Crippen LogP contribution in [-0.4, -0.2) is 66.8 Å². The van der Waals surface area contributed by atoms with Crippen LogP contribution in [0, 0.1) is 0 Å². The summed E-state index contributed by atoms with van der Waals surface area (Å²) >= 11 is 0. The average Bonchev–Trinajstić information content (AvgIpc) is 2.96. The van der Waals surface area contributed by atoms with Gasteiger partial charge in [0.25, 0.3) is 0 Å². The molecule has 6 heteroatoms. The fraction of sp³-hybridized carbons (Fsp3) is 0.632. The molecule has 0 saturated carbocycles. The second-order valence-electron chi connectivity index (χ2n) is 6.73. The SMILES string of the molecule is CCC1CN(CCCn2c(=O)oc3ccccc32)CCN1CCOC. The Bertz CT molecular complexity index is 724. The van der Waals surface area contributed by atoms with Gasteiger partial charge in [-0.1, -0.05) is 19.1 Å². The number of hydrogen-bond donors (Lipinski definition) is 0. The van der Waals surface area contributed by atoms with Crippen LogP contribution in [0.5, 0.6) is 0 Å². The lowest BCUT2D eigenvalue weighted by Gasteiger charge is -2.41. The molecule has 1 aromatic carbocycles. The molecule has 0 radical (unpaired) electrons. The molecule has 0 N–H and O–H groups in total. The summed E-state index contributed by atoms with van der Waals surface area (Å²) in [5, 5.41) is 0. The summed E-state index contributed by atoms with van der Waals surface area (Å²) in [6.07, 6.45) is 2.12. The first-order valence-electron chi connectivity index (χ1n) is 9.26. The molecule has 6 nitrogen and oxygen atoms in total. The van der Waals surface area contributed by atoms with Crippen LogP contribution in [-0.2, 0) is 11.3 Å². The maximum atomic E-state index is 12.0. The van der Waals surface area contributed by atoms with Gasteiger partial charge in [0.15, 0.2) is 5.58 Å². The Hall–Kier alpha value is -1.63. The summed E-state index contributed by atoms with van der Waals surface area (Å²) in [4.78, 5) is 17.1. The molecular formula is C19H29N3O3. The molecule has 2 aromatic rings. The van der Waals surface area contributed by atoms with Gasteiger partial charge in [-0.2, -0.15) is 0 Å². The first-order chi connectivity index (χ1) is 12.2. The van der Waals surface area contributed by atoms with Crippen LogP contribution >= 0.6 is 0 Å². The van der Waals surface area contributed by atoms with Crippen molar-refractivity contribution in [2.75, 3.05) is 46.4 Å². The number of hydrogen-bond acceptors (Lipinski definition) is 5. The first kappa shape index (κ1) is 18.2. The van der Waals surface area contributed by atoms with Gasteiger partial charge in [-0.3, -0.25) is 9.47 Å². The van der Waals surface area contributed by atoms with E-state index in [0.29, 0.717) is 18.2 Å². The maximum absolute atomic E-state index is 12.0. The molecule has 2 heterocycles. The van der Waals surface area contributed by atoms with E-state index in [1.165, 1.54) is 0 Å². The van der Waals surface area contributed by atoms with E-state index in [0.717, 1.165) is 57.7 Å². The third kappa shape index (κ3) is 4.32. The molecule has 25 heavy (non-hydrogen) atoms. The minimum Gasteiger partial charge on any atom is -0.408 e. The summed E-state index contributed by atoms with van der Waals surface area (Å²) < 4.78 is 12.3. The number of para-hydroxylation sites is 2. The van der Waals surface area contributed by atoms with Crippen LogP contribution in [0.25, 0.3) is 11.1 Å². The Kier molecular flexibility index (Phi) is 6.29. The molecule has 1 saturated heterocycles. The van der Waals surface area contributed by atoms with Gasteiger partial charge in [0.1, 0.15) is 0 Å². The zero-order valence-electron chi connectivity index (χ0n) is 15.3. The standard InChI is InChI=1S/C19H29N3O3/c1-3-16-15-20(11-12-21(16)13-14-24-2)9-6-10-22-17-7-4-5-8-18(17)25-19(22)23/h4-5,7-8,16H,3,6,9-15H2,1-2H3. The van der Waals surface area contributed by atoms with Crippen molar-refractivity contribution in [2.24, 2.45) is 0 Å². The summed E-state index contributed by atoms with van der Waals surface area (Å²) in [5.74, 6) is -0.253. The van der Waals surface area contributed by atoms with Crippen LogP contribution in [0.4, 0.5) is 0 Å². The summed E-state index contributed by atoms with van der Waals surface area (Å²) in [6.45, 7) is 9.06. The third-order valence-corrected chi connectivity index (χ3v) is 5.17. The number of aromatic nitrogens is 1. The molecule has 1 aliphatic heterocycles. The summed E-state index contributed by atoms with van der Waals surface area (Å²) in [6, 6.07) is 8.23. The van der Waals surface area contributed by atoms with Crippen molar-refractivity contribution >= 4 is 11.1 Å². The van der Waals surface area contributed by atoms with Crippen molar-refractivity contribution in [3.05, 3.63) is 34.8 Å². The molecule has 0 bridgehead atoms. The number of aryl methyl sites for hydroxylation is 1. The number of fused-ring (bicyclic) bond motifs is 1. The number of ether oxygens (including phenoxy) is 1. The van der Waals surface area contributed by atoms with E-state index in [9.17, 15) is 4.79 Å². The molecule has 3 rings (SSSR count). The van der Waals surface area contributed by atoms with E-state index in [2.05, 4.69) is 16.7 Å². The van der Waals surface area contributed by atoms with Gasteiger partial charge >= 0.3 is 5.76 Å². The van der Waals surface area contributed by atoms with Crippen molar-refractivity contribution < 1.29 is 9.15 Å². The minimum absolute atomic E-state index is 0.253. The lowest BCUT2D eigenvalue weighted by molar-refractivity contribution is 0.0489. The van der Waals surface area contributed by atoms with E-state index in [4.69, 9.17) is 9.15 Å². The molecule has 138 valence electrons.